The van der Waals surface area contributed by atoms with Crippen molar-refractivity contribution in [3.8, 4) is 5.75 Å². The number of halogens is 3. The van der Waals surface area contributed by atoms with Gasteiger partial charge in [0, 0.05) is 16.3 Å². The lowest BCUT2D eigenvalue weighted by Crippen LogP contribution is -2.20. The summed E-state index contributed by atoms with van der Waals surface area (Å²) in [5.41, 5.74) is 1.05. The molecule has 10 heteroatoms. The highest BCUT2D eigenvalue weighted by atomic mass is 35.5. The summed E-state index contributed by atoms with van der Waals surface area (Å²) < 4.78 is 5.98. The van der Waals surface area contributed by atoms with Crippen molar-refractivity contribution in [2.75, 3.05) is 11.9 Å². The zero-order chi connectivity index (χ0) is 20.3. The molecule has 0 aliphatic carbocycles. The number of ether oxygens (including phenoxy) is 1. The first-order valence-corrected chi connectivity index (χ1v) is 10.1. The second-order valence-corrected chi connectivity index (χ2v) is 8.47. The molecule has 0 unspecified atom stereocenters. The van der Waals surface area contributed by atoms with Crippen molar-refractivity contribution in [1.82, 2.24) is 5.32 Å². The van der Waals surface area contributed by atoms with Crippen LogP contribution in [0.15, 0.2) is 41.3 Å². The number of benzene rings is 2. The van der Waals surface area contributed by atoms with E-state index in [1.54, 1.807) is 42.5 Å². The molecule has 0 bridgehead atoms. The molecule has 0 aromatic heterocycles. The standard InChI is InChI=1S/C18H11Cl3N2O3S2/c19-10-1-4-14(9(5-10)6-15-17(25)23-18(27)28-15)26-8-16(24)22-11-2-3-12(20)13(21)7-11/h1-7H,8H2,(H,22,24)(H,23,25,27)/b15-6-. The third-order valence-corrected chi connectivity index (χ3v) is 5.60. The van der Waals surface area contributed by atoms with Gasteiger partial charge in [-0.2, -0.15) is 0 Å². The van der Waals surface area contributed by atoms with E-state index in [4.69, 9.17) is 51.8 Å². The van der Waals surface area contributed by atoms with Gasteiger partial charge in [-0.3, -0.25) is 9.59 Å². The van der Waals surface area contributed by atoms with Crippen LogP contribution < -0.4 is 15.4 Å². The number of carbonyl (C=O) groups excluding carboxylic acids is 2. The van der Waals surface area contributed by atoms with Gasteiger partial charge >= 0.3 is 0 Å². The fraction of sp³-hybridized carbons (Fsp3) is 0.0556. The lowest BCUT2D eigenvalue weighted by molar-refractivity contribution is -0.118. The van der Waals surface area contributed by atoms with E-state index in [0.29, 0.717) is 41.3 Å². The summed E-state index contributed by atoms with van der Waals surface area (Å²) in [4.78, 5) is 24.4. The second kappa shape index (κ2) is 9.15. The summed E-state index contributed by atoms with van der Waals surface area (Å²) >= 11 is 23.9. The Labute approximate surface area is 185 Å². The molecule has 1 fully saturated rings. The molecule has 1 aliphatic rings. The molecule has 2 aromatic rings. The summed E-state index contributed by atoms with van der Waals surface area (Å²) in [6.07, 6.45) is 1.61. The van der Waals surface area contributed by atoms with Crippen LogP contribution in [0.5, 0.6) is 5.75 Å². The lowest BCUT2D eigenvalue weighted by atomic mass is 10.2. The zero-order valence-electron chi connectivity index (χ0n) is 13.9. The molecule has 1 aliphatic heterocycles. The van der Waals surface area contributed by atoms with Gasteiger partial charge in [-0.05, 0) is 42.5 Å². The van der Waals surface area contributed by atoms with Crippen LogP contribution >= 0.6 is 58.8 Å². The average Bonchev–Trinajstić information content (AvgIpc) is 2.94. The molecule has 3 rings (SSSR count). The van der Waals surface area contributed by atoms with E-state index in [1.807, 2.05) is 0 Å². The van der Waals surface area contributed by atoms with Gasteiger partial charge < -0.3 is 15.4 Å². The first kappa shape index (κ1) is 21.0. The van der Waals surface area contributed by atoms with Gasteiger partial charge in [0.15, 0.2) is 6.61 Å². The van der Waals surface area contributed by atoms with E-state index in [-0.39, 0.29) is 18.4 Å². The van der Waals surface area contributed by atoms with E-state index in [2.05, 4.69) is 10.6 Å². The third-order valence-electron chi connectivity index (χ3n) is 3.46. The van der Waals surface area contributed by atoms with Gasteiger partial charge in [-0.15, -0.1) is 0 Å². The van der Waals surface area contributed by atoms with Gasteiger partial charge in [-0.1, -0.05) is 58.8 Å². The van der Waals surface area contributed by atoms with Gasteiger partial charge in [0.05, 0.1) is 15.0 Å². The van der Waals surface area contributed by atoms with E-state index in [1.165, 1.54) is 0 Å². The molecule has 1 heterocycles. The minimum atomic E-state index is -0.388. The van der Waals surface area contributed by atoms with Crippen LogP contribution in [0.3, 0.4) is 0 Å². The molecule has 5 nitrogen and oxygen atoms in total. The van der Waals surface area contributed by atoms with Crippen molar-refractivity contribution in [2.45, 2.75) is 0 Å². The molecular weight excluding hydrogens is 463 g/mol. The van der Waals surface area contributed by atoms with Crippen LogP contribution in [0.1, 0.15) is 5.56 Å². The molecule has 28 heavy (non-hydrogen) atoms. The Morgan fingerprint density at radius 3 is 2.64 bits per heavy atom. The molecule has 0 radical (unpaired) electrons. The van der Waals surface area contributed by atoms with Crippen molar-refractivity contribution >= 4 is 86.7 Å². The summed E-state index contributed by atoms with van der Waals surface area (Å²) in [7, 11) is 0. The van der Waals surface area contributed by atoms with Crippen molar-refractivity contribution in [1.29, 1.82) is 0 Å². The van der Waals surface area contributed by atoms with Crippen LogP contribution in [0.2, 0.25) is 15.1 Å². The zero-order valence-corrected chi connectivity index (χ0v) is 17.8. The maximum Gasteiger partial charge on any atom is 0.263 e. The Morgan fingerprint density at radius 2 is 1.96 bits per heavy atom. The number of hydrogen-bond donors (Lipinski definition) is 2. The molecule has 144 valence electrons. The van der Waals surface area contributed by atoms with Crippen LogP contribution in [-0.2, 0) is 9.59 Å². The number of amides is 2. The summed E-state index contributed by atoms with van der Waals surface area (Å²) in [5.74, 6) is -0.285. The largest absolute Gasteiger partial charge is 0.483 e. The van der Waals surface area contributed by atoms with E-state index < -0.39 is 0 Å². The molecule has 1 saturated heterocycles. The van der Waals surface area contributed by atoms with Gasteiger partial charge in [0.2, 0.25) is 0 Å². The SMILES string of the molecule is O=C(COc1ccc(Cl)cc1/C=C1\SC(=S)NC1=O)Nc1ccc(Cl)c(Cl)c1. The quantitative estimate of drug-likeness (QED) is 0.464. The Hall–Kier alpha value is -1.77. The maximum absolute atomic E-state index is 12.2. The van der Waals surface area contributed by atoms with E-state index >= 15 is 0 Å². The number of thioether (sulfide) groups is 1. The summed E-state index contributed by atoms with van der Waals surface area (Å²) in [6, 6.07) is 9.63. The summed E-state index contributed by atoms with van der Waals surface area (Å²) in [5, 5.41) is 6.39. The minimum Gasteiger partial charge on any atom is -0.483 e. The molecular formula is C18H11Cl3N2O3S2. The first-order chi connectivity index (χ1) is 13.3. The van der Waals surface area contributed by atoms with Crippen LogP contribution in [0.4, 0.5) is 5.69 Å². The predicted octanol–water partition coefficient (Wildman–Crippen LogP) is 5.15. The summed E-state index contributed by atoms with van der Waals surface area (Å²) in [6.45, 7) is -0.254. The monoisotopic (exact) mass is 472 g/mol. The molecule has 2 amide bonds. The number of nitrogens with one attached hydrogen (secondary N) is 2. The van der Waals surface area contributed by atoms with Crippen LogP contribution in [0.25, 0.3) is 6.08 Å². The fourth-order valence-electron chi connectivity index (χ4n) is 2.24. The van der Waals surface area contributed by atoms with Crippen molar-refractivity contribution in [3.05, 3.63) is 61.9 Å². The van der Waals surface area contributed by atoms with Crippen molar-refractivity contribution in [3.63, 3.8) is 0 Å². The van der Waals surface area contributed by atoms with Crippen molar-refractivity contribution in [2.24, 2.45) is 0 Å². The number of thiocarbonyl (C=S) groups is 1. The van der Waals surface area contributed by atoms with Crippen LogP contribution in [-0.4, -0.2) is 22.7 Å². The van der Waals surface area contributed by atoms with Gasteiger partial charge in [0.25, 0.3) is 11.8 Å². The third kappa shape index (κ3) is 5.40. The molecule has 2 aromatic carbocycles. The maximum atomic E-state index is 12.2. The number of rotatable bonds is 5. The number of carbonyl (C=O) groups is 2. The normalized spacial score (nSPS) is 14.9. The Balaban J connectivity index is 1.71. The topological polar surface area (TPSA) is 67.4 Å². The highest BCUT2D eigenvalue weighted by Gasteiger charge is 2.22. The lowest BCUT2D eigenvalue weighted by Gasteiger charge is -2.11. The Morgan fingerprint density at radius 1 is 1.18 bits per heavy atom. The van der Waals surface area contributed by atoms with Crippen LogP contribution in [0, 0.1) is 0 Å². The minimum absolute atomic E-state index is 0.254. The first-order valence-electron chi connectivity index (χ1n) is 7.74. The molecule has 0 spiro atoms. The highest BCUT2D eigenvalue weighted by molar-refractivity contribution is 8.26. The molecule has 2 N–H and O–H groups in total. The predicted molar refractivity (Wildman–Crippen MR) is 118 cm³/mol. The number of anilines is 1. The molecule has 0 saturated carbocycles. The van der Waals surface area contributed by atoms with Gasteiger partial charge in [-0.25, -0.2) is 0 Å². The average molecular weight is 474 g/mol. The van der Waals surface area contributed by atoms with Crippen molar-refractivity contribution < 1.29 is 14.3 Å². The molecule has 0 atom stereocenters. The van der Waals surface area contributed by atoms with Gasteiger partial charge in [0.1, 0.15) is 10.1 Å². The van der Waals surface area contributed by atoms with E-state index in [0.717, 1.165) is 11.8 Å². The highest BCUT2D eigenvalue weighted by Crippen LogP contribution is 2.31. The fourth-order valence-corrected chi connectivity index (χ4v) is 3.75. The Bertz CT molecular complexity index is 1010. The Kier molecular flexibility index (Phi) is 6.85. The second-order valence-electron chi connectivity index (χ2n) is 5.50. The number of hydrogen-bond acceptors (Lipinski definition) is 5. The van der Waals surface area contributed by atoms with E-state index in [9.17, 15) is 9.59 Å². The smallest absolute Gasteiger partial charge is 0.263 e.